The van der Waals surface area contributed by atoms with Crippen molar-refractivity contribution >= 4 is 33.3 Å². The van der Waals surface area contributed by atoms with Gasteiger partial charge in [-0.3, -0.25) is 0 Å². The van der Waals surface area contributed by atoms with E-state index in [4.69, 9.17) is 9.47 Å². The summed E-state index contributed by atoms with van der Waals surface area (Å²) in [6.07, 6.45) is 0. The van der Waals surface area contributed by atoms with Crippen molar-refractivity contribution in [2.45, 2.75) is 0 Å². The van der Waals surface area contributed by atoms with E-state index in [9.17, 15) is 0 Å². The predicted octanol–water partition coefficient (Wildman–Crippen LogP) is 6.31. The van der Waals surface area contributed by atoms with E-state index in [1.807, 2.05) is 12.1 Å². The fraction of sp³-hybridized carbons (Fsp3) is 0.200. The molecular weight excluding hydrogens is 420 g/mol. The van der Waals surface area contributed by atoms with Crippen molar-refractivity contribution in [3.63, 3.8) is 0 Å². The summed E-state index contributed by atoms with van der Waals surface area (Å²) >= 11 is 0. The third-order valence-corrected chi connectivity index (χ3v) is 6.59. The highest BCUT2D eigenvalue weighted by atomic mass is 16.5. The summed E-state index contributed by atoms with van der Waals surface area (Å²) < 4.78 is 11.3. The number of hydrogen-bond acceptors (Lipinski definition) is 4. The van der Waals surface area contributed by atoms with Crippen LogP contribution in [0.2, 0.25) is 0 Å². The lowest BCUT2D eigenvalue weighted by molar-refractivity contribution is 0.410. The van der Waals surface area contributed by atoms with Crippen LogP contribution in [0.5, 0.6) is 11.5 Å². The number of anilines is 2. The zero-order chi connectivity index (χ0) is 24.0. The van der Waals surface area contributed by atoms with Gasteiger partial charge in [0.15, 0.2) is 0 Å². The standard InChI is InChI=1S/C30H30N2O2/c1-31(2)21-11-7-19(8-12-21)29(20-9-13-22(14-10-20)32(3)4)30-25-17-23-24(18-26(25)30)28(34-6)16-15-27(23)33-5/h7-18H,1-6H3. The molecule has 0 saturated carbocycles. The Morgan fingerprint density at radius 1 is 0.559 bits per heavy atom. The average molecular weight is 451 g/mol. The maximum absolute atomic E-state index is 5.66. The van der Waals surface area contributed by atoms with Gasteiger partial charge in [0.2, 0.25) is 0 Å². The van der Waals surface area contributed by atoms with E-state index in [0.29, 0.717) is 0 Å². The predicted molar refractivity (Wildman–Crippen MR) is 144 cm³/mol. The average Bonchev–Trinajstić information content (AvgIpc) is 3.55. The largest absolute Gasteiger partial charge is 0.496 e. The molecule has 0 unspecified atom stereocenters. The van der Waals surface area contributed by atoms with E-state index in [2.05, 4.69) is 98.7 Å². The first-order valence-electron chi connectivity index (χ1n) is 11.4. The molecule has 172 valence electrons. The molecule has 0 aliphatic heterocycles. The van der Waals surface area contributed by atoms with E-state index >= 15 is 0 Å². The minimum atomic E-state index is 0.858. The maximum atomic E-state index is 5.66. The van der Waals surface area contributed by atoms with Crippen LogP contribution in [0.25, 0.3) is 21.9 Å². The van der Waals surface area contributed by atoms with Gasteiger partial charge < -0.3 is 19.3 Å². The first-order chi connectivity index (χ1) is 16.4. The van der Waals surface area contributed by atoms with Crippen LogP contribution in [0.3, 0.4) is 0 Å². The molecule has 5 rings (SSSR count). The lowest BCUT2D eigenvalue weighted by Crippen LogP contribution is -2.08. The molecule has 0 saturated heterocycles. The van der Waals surface area contributed by atoms with Gasteiger partial charge in [-0.15, -0.1) is 0 Å². The Bertz CT molecular complexity index is 1290. The van der Waals surface area contributed by atoms with Crippen molar-refractivity contribution < 1.29 is 9.47 Å². The number of fused-ring (bicyclic) bond motifs is 2. The van der Waals surface area contributed by atoms with Gasteiger partial charge in [0.05, 0.1) is 14.2 Å². The Labute approximate surface area is 201 Å². The van der Waals surface area contributed by atoms with Crippen LogP contribution in [0.4, 0.5) is 11.4 Å². The third-order valence-electron chi connectivity index (χ3n) is 6.59. The second kappa shape index (κ2) is 8.45. The molecule has 0 N–H and O–H groups in total. The van der Waals surface area contributed by atoms with Crippen molar-refractivity contribution in [3.8, 4) is 11.5 Å². The fourth-order valence-corrected chi connectivity index (χ4v) is 4.63. The Hall–Kier alpha value is -3.92. The minimum Gasteiger partial charge on any atom is -0.496 e. The van der Waals surface area contributed by atoms with Crippen LogP contribution in [-0.2, 0) is 0 Å². The number of rotatable bonds is 6. The minimum absolute atomic E-state index is 0.858. The molecule has 4 aromatic rings. The molecule has 0 fully saturated rings. The monoisotopic (exact) mass is 450 g/mol. The van der Waals surface area contributed by atoms with E-state index in [-0.39, 0.29) is 0 Å². The van der Waals surface area contributed by atoms with Crippen LogP contribution in [0.15, 0.2) is 72.8 Å². The maximum Gasteiger partial charge on any atom is 0.126 e. The Morgan fingerprint density at radius 3 is 1.26 bits per heavy atom. The molecule has 0 amide bonds. The zero-order valence-corrected chi connectivity index (χ0v) is 20.6. The number of benzene rings is 4. The summed E-state index contributed by atoms with van der Waals surface area (Å²) in [6.45, 7) is 0. The summed E-state index contributed by atoms with van der Waals surface area (Å²) in [5.74, 6) is 1.72. The normalized spacial score (nSPS) is 11.8. The van der Waals surface area contributed by atoms with E-state index < -0.39 is 0 Å². The molecule has 1 aliphatic carbocycles. The number of nitrogens with zero attached hydrogens (tertiary/aromatic N) is 2. The van der Waals surface area contributed by atoms with Crippen LogP contribution in [0, 0.1) is 0 Å². The summed E-state index contributed by atoms with van der Waals surface area (Å²) in [6, 6.07) is 26.0. The van der Waals surface area contributed by atoms with Gasteiger partial charge >= 0.3 is 0 Å². The van der Waals surface area contributed by atoms with E-state index in [1.165, 1.54) is 44.8 Å². The molecule has 4 aromatic carbocycles. The second-order valence-corrected chi connectivity index (χ2v) is 9.05. The molecule has 1 aliphatic rings. The molecule has 0 aromatic heterocycles. The van der Waals surface area contributed by atoms with E-state index in [1.54, 1.807) is 14.2 Å². The molecule has 0 heterocycles. The first kappa shape index (κ1) is 21.9. The van der Waals surface area contributed by atoms with Crippen LogP contribution in [-0.4, -0.2) is 42.4 Å². The molecule has 4 heteroatoms. The highest BCUT2D eigenvalue weighted by molar-refractivity contribution is 6.19. The van der Waals surface area contributed by atoms with E-state index in [0.717, 1.165) is 22.3 Å². The van der Waals surface area contributed by atoms with Gasteiger partial charge in [0.25, 0.3) is 0 Å². The zero-order valence-electron chi connectivity index (χ0n) is 20.6. The van der Waals surface area contributed by atoms with Crippen LogP contribution >= 0.6 is 0 Å². The third kappa shape index (κ3) is 3.65. The number of methoxy groups -OCH3 is 2. The Balaban J connectivity index is 1.72. The molecule has 4 nitrogen and oxygen atoms in total. The van der Waals surface area contributed by atoms with Gasteiger partial charge in [0, 0.05) is 50.3 Å². The number of hydrogen-bond donors (Lipinski definition) is 0. The highest BCUT2D eigenvalue weighted by Gasteiger charge is 2.31. The Kier molecular flexibility index (Phi) is 5.45. The quantitative estimate of drug-likeness (QED) is 0.303. The first-order valence-corrected chi connectivity index (χ1v) is 11.4. The second-order valence-electron chi connectivity index (χ2n) is 9.05. The van der Waals surface area contributed by atoms with Crippen LogP contribution in [0.1, 0.15) is 22.3 Å². The van der Waals surface area contributed by atoms with Crippen molar-refractivity contribution in [1.29, 1.82) is 0 Å². The molecule has 34 heavy (non-hydrogen) atoms. The van der Waals surface area contributed by atoms with Crippen molar-refractivity contribution in [3.05, 3.63) is 95.1 Å². The van der Waals surface area contributed by atoms with Gasteiger partial charge in [0.1, 0.15) is 11.5 Å². The van der Waals surface area contributed by atoms with Gasteiger partial charge in [-0.05, 0) is 81.9 Å². The van der Waals surface area contributed by atoms with Crippen molar-refractivity contribution in [2.24, 2.45) is 0 Å². The lowest BCUT2D eigenvalue weighted by atomic mass is 9.95. The summed E-state index contributed by atoms with van der Waals surface area (Å²) in [7, 11) is 11.7. The fourth-order valence-electron chi connectivity index (χ4n) is 4.63. The van der Waals surface area contributed by atoms with Crippen LogP contribution < -0.4 is 19.3 Å². The molecule has 0 bridgehead atoms. The molecular formula is C30H30N2O2. The number of ether oxygens (including phenoxy) is 2. The van der Waals surface area contributed by atoms with Crippen molar-refractivity contribution in [2.75, 3.05) is 52.2 Å². The smallest absolute Gasteiger partial charge is 0.126 e. The lowest BCUT2D eigenvalue weighted by Gasteiger charge is -2.16. The van der Waals surface area contributed by atoms with Gasteiger partial charge in [-0.25, -0.2) is 0 Å². The summed E-state index contributed by atoms with van der Waals surface area (Å²) in [5, 5.41) is 2.14. The summed E-state index contributed by atoms with van der Waals surface area (Å²) in [4.78, 5) is 4.25. The van der Waals surface area contributed by atoms with Gasteiger partial charge in [-0.1, -0.05) is 24.3 Å². The summed E-state index contributed by atoms with van der Waals surface area (Å²) in [5.41, 5.74) is 9.85. The Morgan fingerprint density at radius 2 is 0.941 bits per heavy atom. The molecule has 0 spiro atoms. The van der Waals surface area contributed by atoms with Gasteiger partial charge in [-0.2, -0.15) is 0 Å². The van der Waals surface area contributed by atoms with Crippen molar-refractivity contribution in [1.82, 2.24) is 0 Å². The molecule has 0 atom stereocenters. The highest BCUT2D eigenvalue weighted by Crippen LogP contribution is 2.53. The molecule has 0 radical (unpaired) electrons. The topological polar surface area (TPSA) is 24.9 Å². The SMILES string of the molecule is COc1ccc(OC)c2cc3c(cc12)C3=C(c1ccc(N(C)C)cc1)c1ccc(N(C)C)cc1.